The Balaban J connectivity index is 1.59. The number of hydrogen-bond acceptors (Lipinski definition) is 4. The summed E-state index contributed by atoms with van der Waals surface area (Å²) in [6, 6.07) is 12.9. The van der Waals surface area contributed by atoms with Crippen molar-refractivity contribution in [2.75, 3.05) is 11.3 Å². The van der Waals surface area contributed by atoms with Crippen LogP contribution in [-0.2, 0) is 25.5 Å². The molecule has 2 aromatic rings. The van der Waals surface area contributed by atoms with Gasteiger partial charge in [-0.3, -0.25) is 4.72 Å². The molecule has 0 amide bonds. The Morgan fingerprint density at radius 1 is 0.912 bits per heavy atom. The molecule has 8 heteroatoms. The average Bonchev–Trinajstić information content (AvgIpc) is 2.96. The highest BCUT2D eigenvalue weighted by molar-refractivity contribution is 7.92. The van der Waals surface area contributed by atoms with Crippen LogP contribution in [0.1, 0.15) is 66.4 Å². The molecule has 0 unspecified atom stereocenters. The summed E-state index contributed by atoms with van der Waals surface area (Å²) in [7, 11) is -7.60. The summed E-state index contributed by atoms with van der Waals surface area (Å²) in [5, 5.41) is 0. The van der Waals surface area contributed by atoms with Crippen LogP contribution in [-0.4, -0.2) is 33.7 Å². The van der Waals surface area contributed by atoms with Gasteiger partial charge in [0.05, 0.1) is 15.5 Å². The van der Waals surface area contributed by atoms with Crippen molar-refractivity contribution in [3.8, 4) is 0 Å². The van der Waals surface area contributed by atoms with Crippen molar-refractivity contribution in [2.45, 2.75) is 82.1 Å². The minimum atomic E-state index is -3.85. The molecule has 1 saturated carbocycles. The zero-order valence-electron chi connectivity index (χ0n) is 20.9. The lowest BCUT2D eigenvalue weighted by Crippen LogP contribution is -2.37. The van der Waals surface area contributed by atoms with Crippen LogP contribution >= 0.6 is 0 Å². The van der Waals surface area contributed by atoms with Gasteiger partial charge in [-0.15, -0.1) is 0 Å². The highest BCUT2D eigenvalue weighted by atomic mass is 32.2. The van der Waals surface area contributed by atoms with E-state index in [9.17, 15) is 16.8 Å². The Labute approximate surface area is 204 Å². The number of sulfonamides is 2. The second-order valence-electron chi connectivity index (χ2n) is 12.2. The number of rotatable bonds is 5. The lowest BCUT2D eigenvalue weighted by Gasteiger charge is -2.39. The monoisotopic (exact) mass is 504 g/mol. The lowest BCUT2D eigenvalue weighted by molar-refractivity contribution is 0.133. The largest absolute Gasteiger partial charge is 0.280 e. The summed E-state index contributed by atoms with van der Waals surface area (Å²) in [6.07, 6.45) is 2.70. The van der Waals surface area contributed by atoms with E-state index in [1.807, 2.05) is 12.1 Å². The molecule has 1 N–H and O–H groups in total. The second kappa shape index (κ2) is 8.07. The molecule has 186 valence electrons. The van der Waals surface area contributed by atoms with Gasteiger partial charge in [-0.1, -0.05) is 59.7 Å². The normalized spacial score (nSPS) is 25.3. The molecule has 0 radical (unpaired) electrons. The molecular weight excluding hydrogens is 468 g/mol. The Hall–Kier alpha value is -1.90. The van der Waals surface area contributed by atoms with Gasteiger partial charge in [0.1, 0.15) is 0 Å². The Morgan fingerprint density at radius 3 is 2.18 bits per heavy atom. The molecule has 0 aromatic heterocycles. The lowest BCUT2D eigenvalue weighted by atomic mass is 9.65. The molecule has 2 aromatic carbocycles. The van der Waals surface area contributed by atoms with Crippen molar-refractivity contribution in [1.82, 2.24) is 4.31 Å². The molecule has 6 nitrogen and oxygen atoms in total. The maximum atomic E-state index is 13.6. The molecule has 1 saturated heterocycles. The van der Waals surface area contributed by atoms with Gasteiger partial charge in [-0.05, 0) is 71.4 Å². The van der Waals surface area contributed by atoms with Gasteiger partial charge in [0.2, 0.25) is 10.0 Å². The van der Waals surface area contributed by atoms with Gasteiger partial charge in [-0.25, -0.2) is 16.8 Å². The van der Waals surface area contributed by atoms with E-state index in [1.54, 1.807) is 34.6 Å². The fourth-order valence-electron chi connectivity index (χ4n) is 5.89. The molecule has 4 rings (SSSR count). The van der Waals surface area contributed by atoms with Gasteiger partial charge in [-0.2, -0.15) is 4.31 Å². The topological polar surface area (TPSA) is 83.6 Å². The number of nitrogens with zero attached hydrogens (tertiary/aromatic N) is 1. The molecule has 1 aliphatic carbocycles. The summed E-state index contributed by atoms with van der Waals surface area (Å²) >= 11 is 0. The summed E-state index contributed by atoms with van der Waals surface area (Å²) in [4.78, 5) is 0.252. The summed E-state index contributed by atoms with van der Waals surface area (Å²) in [6.45, 7) is 13.3. The third-order valence-electron chi connectivity index (χ3n) is 7.09. The Morgan fingerprint density at radius 2 is 1.56 bits per heavy atom. The van der Waals surface area contributed by atoms with E-state index < -0.39 is 20.0 Å². The molecule has 1 heterocycles. The SMILES string of the molecule is CC1(C)C[C@H]2C[C@@](C)(CN2S(=O)(=O)c2cccc(NS(=O)(=O)c3ccc(C(C)(C)C)cc3)c2)C1. The fraction of sp³-hybridized carbons (Fsp3) is 0.538. The number of nitrogens with one attached hydrogen (secondary N) is 1. The van der Waals surface area contributed by atoms with Crippen LogP contribution in [0, 0.1) is 10.8 Å². The van der Waals surface area contributed by atoms with Gasteiger partial charge in [0, 0.05) is 12.6 Å². The van der Waals surface area contributed by atoms with E-state index in [4.69, 9.17) is 0 Å². The standard InChI is InChI=1S/C26H36N2O4S2/c1-24(2,3)19-10-12-22(13-11-19)33(29,30)27-20-8-7-9-23(14-20)34(31,32)28-18-26(6)16-21(28)15-25(4,5)17-26/h7-14,21,27H,15-18H2,1-6H3/t21-,26+/m0/s1. The van der Waals surface area contributed by atoms with E-state index >= 15 is 0 Å². The molecule has 0 spiro atoms. The summed E-state index contributed by atoms with van der Waals surface area (Å²) in [5.74, 6) is 0. The third kappa shape index (κ3) is 4.90. The molecule has 34 heavy (non-hydrogen) atoms. The summed E-state index contributed by atoms with van der Waals surface area (Å²) in [5.41, 5.74) is 1.25. The highest BCUT2D eigenvalue weighted by Gasteiger charge is 2.53. The van der Waals surface area contributed by atoms with E-state index in [0.29, 0.717) is 6.54 Å². The first-order chi connectivity index (χ1) is 15.5. The van der Waals surface area contributed by atoms with Crippen LogP contribution in [0.4, 0.5) is 5.69 Å². The molecule has 1 aliphatic heterocycles. The fourth-order valence-corrected chi connectivity index (χ4v) is 8.76. The predicted molar refractivity (Wildman–Crippen MR) is 136 cm³/mol. The maximum absolute atomic E-state index is 13.6. The van der Waals surface area contributed by atoms with Crippen LogP contribution in [0.2, 0.25) is 0 Å². The van der Waals surface area contributed by atoms with Crippen molar-refractivity contribution in [3.05, 3.63) is 54.1 Å². The molecular formula is C26H36N2O4S2. The first-order valence-electron chi connectivity index (χ1n) is 11.8. The van der Waals surface area contributed by atoms with Crippen molar-refractivity contribution in [2.24, 2.45) is 10.8 Å². The van der Waals surface area contributed by atoms with Gasteiger partial charge in [0.15, 0.2) is 0 Å². The van der Waals surface area contributed by atoms with Crippen LogP contribution < -0.4 is 4.72 Å². The third-order valence-corrected chi connectivity index (χ3v) is 10.4. The minimum absolute atomic E-state index is 0.0274. The van der Waals surface area contributed by atoms with Gasteiger partial charge >= 0.3 is 0 Å². The number of benzene rings is 2. The quantitative estimate of drug-likeness (QED) is 0.593. The molecule has 2 aliphatic rings. The maximum Gasteiger partial charge on any atom is 0.261 e. The zero-order valence-corrected chi connectivity index (χ0v) is 22.6. The van der Waals surface area contributed by atoms with Crippen LogP contribution in [0.3, 0.4) is 0 Å². The minimum Gasteiger partial charge on any atom is -0.280 e. The second-order valence-corrected chi connectivity index (χ2v) is 15.7. The van der Waals surface area contributed by atoms with Crippen LogP contribution in [0.25, 0.3) is 0 Å². The predicted octanol–water partition coefficient (Wildman–Crippen LogP) is 5.37. The van der Waals surface area contributed by atoms with Crippen LogP contribution in [0.15, 0.2) is 58.3 Å². The van der Waals surface area contributed by atoms with Crippen molar-refractivity contribution < 1.29 is 16.8 Å². The van der Waals surface area contributed by atoms with Gasteiger partial charge in [0.25, 0.3) is 10.0 Å². The van der Waals surface area contributed by atoms with Gasteiger partial charge < -0.3 is 0 Å². The summed E-state index contributed by atoms with van der Waals surface area (Å²) < 4.78 is 57.3. The first-order valence-corrected chi connectivity index (χ1v) is 14.7. The van der Waals surface area contributed by atoms with E-state index in [2.05, 4.69) is 46.3 Å². The number of fused-ring (bicyclic) bond motifs is 2. The van der Waals surface area contributed by atoms with Crippen molar-refractivity contribution in [3.63, 3.8) is 0 Å². The number of hydrogen-bond donors (Lipinski definition) is 1. The number of anilines is 1. The average molecular weight is 505 g/mol. The van der Waals surface area contributed by atoms with E-state index in [1.165, 1.54) is 6.07 Å². The highest BCUT2D eigenvalue weighted by Crippen LogP contribution is 2.53. The van der Waals surface area contributed by atoms with E-state index in [0.717, 1.165) is 24.8 Å². The van der Waals surface area contributed by atoms with Crippen molar-refractivity contribution in [1.29, 1.82) is 0 Å². The Kier molecular flexibility index (Phi) is 5.98. The molecule has 2 atom stereocenters. The zero-order chi connectivity index (χ0) is 25.2. The van der Waals surface area contributed by atoms with Crippen LogP contribution in [0.5, 0.6) is 0 Å². The Bertz CT molecular complexity index is 1290. The molecule has 2 bridgehead atoms. The smallest absolute Gasteiger partial charge is 0.261 e. The molecule has 2 fully saturated rings. The van der Waals surface area contributed by atoms with Crippen molar-refractivity contribution >= 4 is 25.7 Å². The van der Waals surface area contributed by atoms with E-state index in [-0.39, 0.29) is 37.8 Å². The first kappa shape index (κ1) is 25.2.